The van der Waals surface area contributed by atoms with E-state index in [0.717, 1.165) is 5.56 Å². The Morgan fingerprint density at radius 3 is 2.78 bits per heavy atom. The second-order valence-corrected chi connectivity index (χ2v) is 6.74. The highest BCUT2D eigenvalue weighted by molar-refractivity contribution is 7.89. The summed E-state index contributed by atoms with van der Waals surface area (Å²) in [5.74, 6) is -0.131. The fraction of sp³-hybridized carbons (Fsp3) is 0.500. The van der Waals surface area contributed by atoms with E-state index >= 15 is 0 Å². The fourth-order valence-corrected chi connectivity index (χ4v) is 3.70. The minimum Gasteiger partial charge on any atom is -0.381 e. The number of sulfonamides is 1. The predicted molar refractivity (Wildman–Crippen MR) is 71.0 cm³/mol. The lowest BCUT2D eigenvalue weighted by atomic mass is 9.93. The molecule has 0 aliphatic carbocycles. The molecule has 2 N–H and O–H groups in total. The summed E-state index contributed by atoms with van der Waals surface area (Å²) in [5, 5.41) is 5.39. The summed E-state index contributed by atoms with van der Waals surface area (Å²) in [6.07, 6.45) is 1.02. The summed E-state index contributed by atoms with van der Waals surface area (Å²) in [6, 6.07) is 7.43. The summed E-state index contributed by atoms with van der Waals surface area (Å²) in [6.45, 7) is 0.854. The third-order valence-electron chi connectivity index (χ3n) is 3.27. The lowest BCUT2D eigenvalue weighted by molar-refractivity contribution is 0.0572. The van der Waals surface area contributed by atoms with Crippen LogP contribution in [0, 0.1) is 5.92 Å². The maximum Gasteiger partial charge on any atom is 0.212 e. The van der Waals surface area contributed by atoms with Gasteiger partial charge in [0.05, 0.1) is 11.9 Å². The minimum absolute atomic E-state index is 0.131. The first-order chi connectivity index (χ1) is 8.48. The number of halogens is 1. The molecular weight excluding hydrogens is 274 g/mol. The molecule has 0 radical (unpaired) electrons. The van der Waals surface area contributed by atoms with Crippen molar-refractivity contribution in [3.8, 4) is 0 Å². The first kappa shape index (κ1) is 13.8. The molecule has 0 spiro atoms. The van der Waals surface area contributed by atoms with Gasteiger partial charge in [-0.15, -0.1) is 0 Å². The molecule has 2 atom stereocenters. The van der Waals surface area contributed by atoms with E-state index in [0.29, 0.717) is 31.1 Å². The second-order valence-electron chi connectivity index (χ2n) is 4.55. The van der Waals surface area contributed by atoms with Gasteiger partial charge in [-0.25, -0.2) is 13.6 Å². The molecule has 4 nitrogen and oxygen atoms in total. The Morgan fingerprint density at radius 1 is 1.39 bits per heavy atom. The number of benzene rings is 1. The van der Waals surface area contributed by atoms with Gasteiger partial charge in [-0.1, -0.05) is 29.8 Å². The molecule has 0 unspecified atom stereocenters. The zero-order chi connectivity index (χ0) is 13.2. The van der Waals surface area contributed by atoms with Crippen molar-refractivity contribution in [1.29, 1.82) is 0 Å². The highest BCUT2D eigenvalue weighted by Gasteiger charge is 2.34. The summed E-state index contributed by atoms with van der Waals surface area (Å²) in [4.78, 5) is 0. The van der Waals surface area contributed by atoms with Gasteiger partial charge in [0.1, 0.15) is 0 Å². The smallest absolute Gasteiger partial charge is 0.212 e. The van der Waals surface area contributed by atoms with Crippen LogP contribution in [0.15, 0.2) is 24.3 Å². The maximum absolute atomic E-state index is 11.6. The molecule has 0 amide bonds. The zero-order valence-corrected chi connectivity index (χ0v) is 11.5. The average molecular weight is 290 g/mol. The van der Waals surface area contributed by atoms with Crippen LogP contribution in [0.3, 0.4) is 0 Å². The van der Waals surface area contributed by atoms with E-state index in [1.807, 2.05) is 18.2 Å². The van der Waals surface area contributed by atoms with Crippen LogP contribution in [0.5, 0.6) is 0 Å². The second kappa shape index (κ2) is 5.57. The van der Waals surface area contributed by atoms with Gasteiger partial charge >= 0.3 is 0 Å². The van der Waals surface area contributed by atoms with Crippen molar-refractivity contribution in [3.05, 3.63) is 34.9 Å². The highest BCUT2D eigenvalue weighted by atomic mass is 35.5. The van der Waals surface area contributed by atoms with Crippen molar-refractivity contribution < 1.29 is 13.2 Å². The van der Waals surface area contributed by atoms with Crippen LogP contribution in [0.1, 0.15) is 12.0 Å². The van der Waals surface area contributed by atoms with Crippen LogP contribution in [-0.4, -0.2) is 26.9 Å². The molecule has 0 bridgehead atoms. The van der Waals surface area contributed by atoms with E-state index < -0.39 is 15.3 Å². The fourth-order valence-electron chi connectivity index (χ4n) is 2.35. The Labute approximate surface area is 112 Å². The van der Waals surface area contributed by atoms with E-state index in [4.69, 9.17) is 21.5 Å². The standard InChI is InChI=1S/C12H16ClNO3S/c13-11-4-2-1-3-9(11)7-10-8-17-6-5-12(10)18(14,15)16/h1-4,10,12H,5-8H2,(H2,14,15,16)/t10-,12+/m1/s1. The number of ether oxygens (including phenoxy) is 1. The van der Waals surface area contributed by atoms with Gasteiger partial charge in [-0.3, -0.25) is 0 Å². The maximum atomic E-state index is 11.6. The third-order valence-corrected chi connectivity index (χ3v) is 5.10. The lowest BCUT2D eigenvalue weighted by Gasteiger charge is -2.30. The van der Waals surface area contributed by atoms with E-state index in [9.17, 15) is 8.42 Å². The van der Waals surface area contributed by atoms with Gasteiger partial charge < -0.3 is 4.74 Å². The summed E-state index contributed by atoms with van der Waals surface area (Å²) < 4.78 is 28.5. The topological polar surface area (TPSA) is 69.4 Å². The highest BCUT2D eigenvalue weighted by Crippen LogP contribution is 2.27. The summed E-state index contributed by atoms with van der Waals surface area (Å²) >= 11 is 6.08. The molecule has 18 heavy (non-hydrogen) atoms. The molecular formula is C12H16ClNO3S. The first-order valence-corrected chi connectivity index (χ1v) is 7.80. The molecule has 1 fully saturated rings. The Kier molecular flexibility index (Phi) is 4.27. The number of nitrogens with two attached hydrogens (primary N) is 1. The van der Waals surface area contributed by atoms with Crippen LogP contribution in [0.2, 0.25) is 5.02 Å². The van der Waals surface area contributed by atoms with Crippen molar-refractivity contribution in [2.45, 2.75) is 18.1 Å². The number of hydrogen-bond donors (Lipinski definition) is 1. The van der Waals surface area contributed by atoms with Crippen molar-refractivity contribution in [3.63, 3.8) is 0 Å². The van der Waals surface area contributed by atoms with Crippen molar-refractivity contribution in [2.75, 3.05) is 13.2 Å². The predicted octanol–water partition coefficient (Wildman–Crippen LogP) is 1.58. The van der Waals surface area contributed by atoms with E-state index in [-0.39, 0.29) is 5.92 Å². The molecule has 100 valence electrons. The van der Waals surface area contributed by atoms with E-state index in [1.54, 1.807) is 6.07 Å². The minimum atomic E-state index is -3.53. The Hall–Kier alpha value is -0.620. The van der Waals surface area contributed by atoms with Crippen molar-refractivity contribution in [2.24, 2.45) is 11.1 Å². The first-order valence-electron chi connectivity index (χ1n) is 5.81. The van der Waals surface area contributed by atoms with Crippen LogP contribution in [0.4, 0.5) is 0 Å². The quantitative estimate of drug-likeness (QED) is 0.918. The largest absolute Gasteiger partial charge is 0.381 e. The molecule has 6 heteroatoms. The van der Waals surface area contributed by atoms with Gasteiger partial charge in [0, 0.05) is 17.5 Å². The van der Waals surface area contributed by atoms with Gasteiger partial charge in [-0.2, -0.15) is 0 Å². The Morgan fingerprint density at radius 2 is 2.11 bits per heavy atom. The number of primary sulfonamides is 1. The molecule has 1 aromatic rings. The average Bonchev–Trinajstić information content (AvgIpc) is 2.31. The van der Waals surface area contributed by atoms with Crippen LogP contribution >= 0.6 is 11.6 Å². The normalized spacial score (nSPS) is 25.0. The van der Waals surface area contributed by atoms with Gasteiger partial charge in [-0.05, 0) is 24.5 Å². The Bertz CT molecular complexity index is 518. The van der Waals surface area contributed by atoms with E-state index in [1.165, 1.54) is 0 Å². The van der Waals surface area contributed by atoms with Gasteiger partial charge in [0.15, 0.2) is 0 Å². The SMILES string of the molecule is NS(=O)(=O)[C@H]1CCOC[C@H]1Cc1ccccc1Cl. The third kappa shape index (κ3) is 3.23. The monoisotopic (exact) mass is 289 g/mol. The molecule has 1 heterocycles. The van der Waals surface area contributed by atoms with Crippen molar-refractivity contribution in [1.82, 2.24) is 0 Å². The van der Waals surface area contributed by atoms with Gasteiger partial charge in [0.2, 0.25) is 10.0 Å². The number of rotatable bonds is 3. The van der Waals surface area contributed by atoms with Crippen LogP contribution in [0.25, 0.3) is 0 Å². The van der Waals surface area contributed by atoms with E-state index in [2.05, 4.69) is 0 Å². The summed E-state index contributed by atoms with van der Waals surface area (Å²) in [5.41, 5.74) is 0.934. The van der Waals surface area contributed by atoms with Crippen molar-refractivity contribution >= 4 is 21.6 Å². The molecule has 1 aromatic carbocycles. The van der Waals surface area contributed by atoms with Gasteiger partial charge in [0.25, 0.3) is 0 Å². The Balaban J connectivity index is 2.18. The molecule has 0 aromatic heterocycles. The zero-order valence-electron chi connectivity index (χ0n) is 9.88. The lowest BCUT2D eigenvalue weighted by Crippen LogP contribution is -2.42. The molecule has 1 aliphatic rings. The number of hydrogen-bond acceptors (Lipinski definition) is 3. The molecule has 2 rings (SSSR count). The molecule has 0 saturated carbocycles. The molecule has 1 saturated heterocycles. The van der Waals surface area contributed by atoms with Crippen LogP contribution in [-0.2, 0) is 21.2 Å². The van der Waals surface area contributed by atoms with Crippen LogP contribution < -0.4 is 5.14 Å². The molecule has 1 aliphatic heterocycles. The summed E-state index contributed by atoms with van der Waals surface area (Å²) in [7, 11) is -3.53.